The van der Waals surface area contributed by atoms with Crippen LogP contribution in [0, 0.1) is 6.92 Å². The van der Waals surface area contributed by atoms with E-state index in [9.17, 15) is 4.79 Å². The maximum absolute atomic E-state index is 13.3. The summed E-state index contributed by atoms with van der Waals surface area (Å²) in [5, 5.41) is 3.15. The minimum absolute atomic E-state index is 0.103. The van der Waals surface area contributed by atoms with Crippen LogP contribution in [0.4, 0.5) is 0 Å². The van der Waals surface area contributed by atoms with Crippen LogP contribution >= 0.6 is 0 Å². The van der Waals surface area contributed by atoms with Crippen molar-refractivity contribution in [1.29, 1.82) is 0 Å². The molecule has 1 amide bonds. The molecule has 36 heavy (non-hydrogen) atoms. The second kappa shape index (κ2) is 10.8. The molecule has 2 aliphatic rings. The van der Waals surface area contributed by atoms with E-state index in [1.807, 2.05) is 6.07 Å². The largest absolute Gasteiger partial charge is 0.485 e. The SMILES string of the molecule is CCCNC(=O)C1Cc2cc3c(cc2CN1C(CC)c1ccccc1)OC(c1ccc(C)cc1)CO3. The number of ether oxygens (including phenoxy) is 2. The van der Waals surface area contributed by atoms with Gasteiger partial charge in [-0.3, -0.25) is 9.69 Å². The highest BCUT2D eigenvalue weighted by Gasteiger charge is 2.37. The van der Waals surface area contributed by atoms with E-state index >= 15 is 0 Å². The number of amides is 1. The monoisotopic (exact) mass is 484 g/mol. The number of rotatable bonds is 7. The predicted octanol–water partition coefficient (Wildman–Crippen LogP) is 5.91. The average Bonchev–Trinajstić information content (AvgIpc) is 2.91. The number of aryl methyl sites for hydroxylation is 1. The molecule has 5 nitrogen and oxygen atoms in total. The molecule has 0 aliphatic carbocycles. The Balaban J connectivity index is 1.46. The molecule has 1 N–H and O–H groups in total. The van der Waals surface area contributed by atoms with Gasteiger partial charge in [0.25, 0.3) is 0 Å². The summed E-state index contributed by atoms with van der Waals surface area (Å²) in [7, 11) is 0. The first-order valence-electron chi connectivity index (χ1n) is 13.2. The molecule has 2 aliphatic heterocycles. The number of carbonyl (C=O) groups excluding carboxylic acids is 1. The first-order chi connectivity index (χ1) is 17.6. The van der Waals surface area contributed by atoms with Gasteiger partial charge in [-0.05, 0) is 60.6 Å². The third kappa shape index (κ3) is 4.98. The summed E-state index contributed by atoms with van der Waals surface area (Å²) in [5.41, 5.74) is 5.96. The molecule has 0 fully saturated rings. The predicted molar refractivity (Wildman–Crippen MR) is 142 cm³/mol. The molecule has 3 unspecified atom stereocenters. The van der Waals surface area contributed by atoms with E-state index in [-0.39, 0.29) is 24.1 Å². The Labute approximate surface area is 214 Å². The summed E-state index contributed by atoms with van der Waals surface area (Å²) in [6, 6.07) is 23.1. The molecule has 0 aromatic heterocycles. The van der Waals surface area contributed by atoms with Crippen LogP contribution in [0.3, 0.4) is 0 Å². The van der Waals surface area contributed by atoms with Gasteiger partial charge < -0.3 is 14.8 Å². The first-order valence-corrected chi connectivity index (χ1v) is 13.2. The standard InChI is InChI=1S/C31H36N2O3/c1-4-15-32-31(34)27-16-24-17-28-29(36-30(20-35-28)23-13-11-21(3)12-14-23)18-25(24)19-33(27)26(5-2)22-9-7-6-8-10-22/h6-14,17-18,26-27,30H,4-5,15-16,19-20H2,1-3H3,(H,32,34). The van der Waals surface area contributed by atoms with Crippen LogP contribution in [-0.2, 0) is 17.8 Å². The number of benzene rings is 3. The third-order valence-electron chi connectivity index (χ3n) is 7.36. The van der Waals surface area contributed by atoms with Crippen molar-refractivity contribution in [3.8, 4) is 11.5 Å². The molecule has 3 aromatic carbocycles. The number of hydrogen-bond donors (Lipinski definition) is 1. The van der Waals surface area contributed by atoms with E-state index in [0.29, 0.717) is 26.1 Å². The Morgan fingerprint density at radius 3 is 2.50 bits per heavy atom. The van der Waals surface area contributed by atoms with Crippen LogP contribution in [0.25, 0.3) is 0 Å². The van der Waals surface area contributed by atoms with Crippen molar-refractivity contribution in [1.82, 2.24) is 10.2 Å². The molecule has 0 saturated carbocycles. The molecule has 0 radical (unpaired) electrons. The lowest BCUT2D eigenvalue weighted by Crippen LogP contribution is -2.51. The van der Waals surface area contributed by atoms with Gasteiger partial charge in [-0.15, -0.1) is 0 Å². The zero-order valence-electron chi connectivity index (χ0n) is 21.5. The zero-order chi connectivity index (χ0) is 25.1. The highest BCUT2D eigenvalue weighted by molar-refractivity contribution is 5.82. The summed E-state index contributed by atoms with van der Waals surface area (Å²) in [6.45, 7) is 8.24. The minimum atomic E-state index is -0.225. The van der Waals surface area contributed by atoms with Crippen molar-refractivity contribution in [2.45, 2.75) is 64.8 Å². The average molecular weight is 485 g/mol. The molecule has 0 bridgehead atoms. The fourth-order valence-corrected chi connectivity index (χ4v) is 5.39. The first kappa shape index (κ1) is 24.4. The van der Waals surface area contributed by atoms with Crippen LogP contribution in [0.15, 0.2) is 66.7 Å². The number of fused-ring (bicyclic) bond motifs is 2. The van der Waals surface area contributed by atoms with E-state index in [2.05, 4.69) is 91.7 Å². The molecular formula is C31H36N2O3. The van der Waals surface area contributed by atoms with Crippen LogP contribution in [0.5, 0.6) is 11.5 Å². The molecule has 5 rings (SSSR count). The molecule has 0 saturated heterocycles. The lowest BCUT2D eigenvalue weighted by Gasteiger charge is -2.41. The quantitative estimate of drug-likeness (QED) is 0.453. The molecule has 3 aromatic rings. The van der Waals surface area contributed by atoms with Crippen LogP contribution in [0.2, 0.25) is 0 Å². The van der Waals surface area contributed by atoms with Gasteiger partial charge in [0.1, 0.15) is 6.61 Å². The van der Waals surface area contributed by atoms with Crippen LogP contribution in [-0.4, -0.2) is 30.0 Å². The summed E-state index contributed by atoms with van der Waals surface area (Å²) in [6.07, 6.45) is 2.38. The van der Waals surface area contributed by atoms with Crippen molar-refractivity contribution >= 4 is 5.91 Å². The van der Waals surface area contributed by atoms with E-state index in [0.717, 1.165) is 29.9 Å². The number of carbonyl (C=O) groups is 1. The fourth-order valence-electron chi connectivity index (χ4n) is 5.39. The van der Waals surface area contributed by atoms with Gasteiger partial charge in [-0.2, -0.15) is 0 Å². The maximum atomic E-state index is 13.3. The normalized spacial score (nSPS) is 19.9. The summed E-state index contributed by atoms with van der Waals surface area (Å²) < 4.78 is 12.6. The Hall–Kier alpha value is -3.31. The van der Waals surface area contributed by atoms with Gasteiger partial charge in [0.15, 0.2) is 17.6 Å². The van der Waals surface area contributed by atoms with Gasteiger partial charge in [0.2, 0.25) is 5.91 Å². The molecule has 0 spiro atoms. The summed E-state index contributed by atoms with van der Waals surface area (Å²) >= 11 is 0. The lowest BCUT2D eigenvalue weighted by molar-refractivity contribution is -0.128. The van der Waals surface area contributed by atoms with E-state index in [4.69, 9.17) is 9.47 Å². The Morgan fingerprint density at radius 2 is 1.78 bits per heavy atom. The zero-order valence-corrected chi connectivity index (χ0v) is 21.5. The maximum Gasteiger partial charge on any atom is 0.237 e. The lowest BCUT2D eigenvalue weighted by atomic mass is 9.89. The van der Waals surface area contributed by atoms with Crippen molar-refractivity contribution in [2.24, 2.45) is 0 Å². The topological polar surface area (TPSA) is 50.8 Å². The molecule has 2 heterocycles. The molecular weight excluding hydrogens is 448 g/mol. The summed E-state index contributed by atoms with van der Waals surface area (Å²) in [5.74, 6) is 1.66. The molecule has 5 heteroatoms. The van der Waals surface area contributed by atoms with Gasteiger partial charge >= 0.3 is 0 Å². The van der Waals surface area contributed by atoms with E-state index in [1.165, 1.54) is 22.3 Å². The number of hydrogen-bond acceptors (Lipinski definition) is 4. The van der Waals surface area contributed by atoms with Crippen molar-refractivity contribution in [2.75, 3.05) is 13.2 Å². The fraction of sp³-hybridized carbons (Fsp3) is 0.387. The smallest absolute Gasteiger partial charge is 0.237 e. The van der Waals surface area contributed by atoms with E-state index in [1.54, 1.807) is 0 Å². The number of nitrogens with one attached hydrogen (secondary N) is 1. The van der Waals surface area contributed by atoms with Gasteiger partial charge in [0, 0.05) is 19.1 Å². The van der Waals surface area contributed by atoms with Crippen LogP contribution < -0.4 is 14.8 Å². The second-order valence-electron chi connectivity index (χ2n) is 9.91. The number of nitrogens with zero attached hydrogens (tertiary/aromatic N) is 1. The Kier molecular flexibility index (Phi) is 7.28. The summed E-state index contributed by atoms with van der Waals surface area (Å²) in [4.78, 5) is 15.7. The van der Waals surface area contributed by atoms with Crippen molar-refractivity contribution in [3.05, 3.63) is 94.5 Å². The minimum Gasteiger partial charge on any atom is -0.485 e. The van der Waals surface area contributed by atoms with Crippen molar-refractivity contribution in [3.63, 3.8) is 0 Å². The van der Waals surface area contributed by atoms with Gasteiger partial charge in [0.05, 0.1) is 6.04 Å². The van der Waals surface area contributed by atoms with E-state index < -0.39 is 0 Å². The highest BCUT2D eigenvalue weighted by atomic mass is 16.6. The van der Waals surface area contributed by atoms with Crippen LogP contribution in [0.1, 0.15) is 66.7 Å². The third-order valence-corrected chi connectivity index (χ3v) is 7.36. The Bertz CT molecular complexity index is 1190. The van der Waals surface area contributed by atoms with Gasteiger partial charge in [-0.25, -0.2) is 0 Å². The Morgan fingerprint density at radius 1 is 1.03 bits per heavy atom. The van der Waals surface area contributed by atoms with Gasteiger partial charge in [-0.1, -0.05) is 74.0 Å². The highest BCUT2D eigenvalue weighted by Crippen LogP contribution is 2.42. The molecule has 3 atom stereocenters. The van der Waals surface area contributed by atoms with Crippen molar-refractivity contribution < 1.29 is 14.3 Å². The molecule has 188 valence electrons. The second-order valence-corrected chi connectivity index (χ2v) is 9.91.